The van der Waals surface area contributed by atoms with Gasteiger partial charge in [-0.3, -0.25) is 0 Å². The highest BCUT2D eigenvalue weighted by molar-refractivity contribution is 5.23. The van der Waals surface area contributed by atoms with E-state index in [9.17, 15) is 13.2 Å². The van der Waals surface area contributed by atoms with Crippen LogP contribution in [0.1, 0.15) is 76.2 Å². The molecule has 0 radical (unpaired) electrons. The van der Waals surface area contributed by atoms with Crippen LogP contribution >= 0.6 is 0 Å². The van der Waals surface area contributed by atoms with E-state index < -0.39 is 17.8 Å². The zero-order valence-electron chi connectivity index (χ0n) is 13.5. The van der Waals surface area contributed by atoms with Gasteiger partial charge in [-0.05, 0) is 42.9 Å². The summed E-state index contributed by atoms with van der Waals surface area (Å²) in [7, 11) is 0. The smallest absolute Gasteiger partial charge is 0.126 e. The number of rotatable bonds is 7. The third-order valence-electron chi connectivity index (χ3n) is 4.90. The number of hydrogen-bond donors (Lipinski definition) is 0. The summed E-state index contributed by atoms with van der Waals surface area (Å²) in [5.41, 5.74) is 0.487. The fourth-order valence-corrected chi connectivity index (χ4v) is 3.65. The molecule has 124 valence electrons. The van der Waals surface area contributed by atoms with Crippen LogP contribution in [0.3, 0.4) is 0 Å². The van der Waals surface area contributed by atoms with Gasteiger partial charge in [-0.2, -0.15) is 0 Å². The predicted octanol–water partition coefficient (Wildman–Crippen LogP) is 6.55. The van der Waals surface area contributed by atoms with Crippen molar-refractivity contribution in [2.45, 2.75) is 76.8 Å². The molecule has 1 aliphatic rings. The Hall–Kier alpha value is -0.990. The number of benzene rings is 1. The van der Waals surface area contributed by atoms with Crippen LogP contribution in [0.25, 0.3) is 0 Å². The van der Waals surface area contributed by atoms with E-state index in [2.05, 4.69) is 6.92 Å². The Kier molecular flexibility index (Phi) is 6.78. The standard InChI is InChI=1S/C19H27F3/c1-2-3-4-5-6-7-14-8-9-19(22)18(10-14)15-11-16(20)13-17(21)12-15/h11-14,18-19H,2-10H2,1H3. The summed E-state index contributed by atoms with van der Waals surface area (Å²) in [4.78, 5) is 0. The van der Waals surface area contributed by atoms with Gasteiger partial charge in [-0.15, -0.1) is 0 Å². The van der Waals surface area contributed by atoms with Crippen molar-refractivity contribution in [2.75, 3.05) is 0 Å². The quantitative estimate of drug-likeness (QED) is 0.501. The van der Waals surface area contributed by atoms with Crippen LogP contribution in [-0.2, 0) is 0 Å². The number of halogens is 3. The molecule has 0 N–H and O–H groups in total. The van der Waals surface area contributed by atoms with Gasteiger partial charge in [-0.1, -0.05) is 45.4 Å². The van der Waals surface area contributed by atoms with Crippen LogP contribution in [0.2, 0.25) is 0 Å². The summed E-state index contributed by atoms with van der Waals surface area (Å²) in [5.74, 6) is -1.07. The minimum atomic E-state index is -0.974. The normalized spacial score (nSPS) is 25.4. The van der Waals surface area contributed by atoms with E-state index in [4.69, 9.17) is 0 Å². The van der Waals surface area contributed by atoms with E-state index in [0.717, 1.165) is 25.3 Å². The molecule has 0 spiro atoms. The Balaban J connectivity index is 1.90. The highest BCUT2D eigenvalue weighted by Crippen LogP contribution is 2.40. The Morgan fingerprint density at radius 1 is 0.955 bits per heavy atom. The molecule has 3 heteroatoms. The molecule has 3 unspecified atom stereocenters. The maximum Gasteiger partial charge on any atom is 0.126 e. The van der Waals surface area contributed by atoms with Crippen molar-refractivity contribution in [1.29, 1.82) is 0 Å². The van der Waals surface area contributed by atoms with Gasteiger partial charge >= 0.3 is 0 Å². The van der Waals surface area contributed by atoms with Crippen LogP contribution < -0.4 is 0 Å². The second kappa shape index (κ2) is 8.59. The summed E-state index contributed by atoms with van der Waals surface area (Å²) >= 11 is 0. The molecule has 0 heterocycles. The van der Waals surface area contributed by atoms with Gasteiger partial charge in [0, 0.05) is 12.0 Å². The van der Waals surface area contributed by atoms with Crippen LogP contribution in [0.15, 0.2) is 18.2 Å². The first-order valence-electron chi connectivity index (χ1n) is 8.70. The molecule has 3 atom stereocenters. The molecule has 1 aromatic rings. The highest BCUT2D eigenvalue weighted by Gasteiger charge is 2.31. The molecule has 0 bridgehead atoms. The maximum absolute atomic E-state index is 14.2. The third-order valence-corrected chi connectivity index (χ3v) is 4.90. The van der Waals surface area contributed by atoms with Gasteiger partial charge < -0.3 is 0 Å². The van der Waals surface area contributed by atoms with E-state index in [-0.39, 0.29) is 5.92 Å². The van der Waals surface area contributed by atoms with Gasteiger partial charge in [0.25, 0.3) is 0 Å². The summed E-state index contributed by atoms with van der Waals surface area (Å²) in [5, 5.41) is 0. The van der Waals surface area contributed by atoms with Crippen LogP contribution in [0.5, 0.6) is 0 Å². The molecule has 0 nitrogen and oxygen atoms in total. The zero-order chi connectivity index (χ0) is 15.9. The monoisotopic (exact) mass is 312 g/mol. The molecule has 1 fully saturated rings. The number of unbranched alkanes of at least 4 members (excludes halogenated alkanes) is 4. The number of hydrogen-bond acceptors (Lipinski definition) is 0. The average Bonchev–Trinajstić information content (AvgIpc) is 2.47. The fraction of sp³-hybridized carbons (Fsp3) is 0.684. The number of alkyl halides is 1. The molecule has 1 aromatic carbocycles. The molecule has 2 rings (SSSR count). The van der Waals surface area contributed by atoms with Crippen molar-refractivity contribution in [3.63, 3.8) is 0 Å². The Morgan fingerprint density at radius 2 is 1.64 bits per heavy atom. The molecule has 0 saturated heterocycles. The molecule has 22 heavy (non-hydrogen) atoms. The fourth-order valence-electron chi connectivity index (χ4n) is 3.65. The van der Waals surface area contributed by atoms with Crippen molar-refractivity contribution in [1.82, 2.24) is 0 Å². The SMILES string of the molecule is CCCCCCCC1CCC(F)C(c2cc(F)cc(F)c2)C1. The van der Waals surface area contributed by atoms with Gasteiger partial charge in [-0.25, -0.2) is 13.2 Å². The predicted molar refractivity (Wildman–Crippen MR) is 84.7 cm³/mol. The molecule has 0 amide bonds. The molecule has 0 aliphatic heterocycles. The molecule has 0 aromatic heterocycles. The molecular weight excluding hydrogens is 285 g/mol. The lowest BCUT2D eigenvalue weighted by atomic mass is 9.75. The third kappa shape index (κ3) is 5.03. The van der Waals surface area contributed by atoms with Crippen LogP contribution in [0, 0.1) is 17.6 Å². The summed E-state index contributed by atoms with van der Waals surface area (Å²) in [6.45, 7) is 2.20. The van der Waals surface area contributed by atoms with Crippen molar-refractivity contribution >= 4 is 0 Å². The first kappa shape index (κ1) is 17.4. The zero-order valence-corrected chi connectivity index (χ0v) is 13.5. The van der Waals surface area contributed by atoms with E-state index in [1.165, 1.54) is 44.2 Å². The first-order valence-corrected chi connectivity index (χ1v) is 8.70. The topological polar surface area (TPSA) is 0 Å². The Bertz CT molecular complexity index is 438. The van der Waals surface area contributed by atoms with Gasteiger partial charge in [0.2, 0.25) is 0 Å². The van der Waals surface area contributed by atoms with E-state index in [1.807, 2.05) is 0 Å². The second-order valence-corrected chi connectivity index (χ2v) is 6.71. The van der Waals surface area contributed by atoms with E-state index >= 15 is 0 Å². The van der Waals surface area contributed by atoms with Crippen molar-refractivity contribution in [2.24, 2.45) is 5.92 Å². The maximum atomic E-state index is 14.2. The van der Waals surface area contributed by atoms with E-state index in [1.54, 1.807) is 0 Å². The van der Waals surface area contributed by atoms with E-state index in [0.29, 0.717) is 17.9 Å². The van der Waals surface area contributed by atoms with Gasteiger partial charge in [0.15, 0.2) is 0 Å². The average molecular weight is 312 g/mol. The highest BCUT2D eigenvalue weighted by atomic mass is 19.1. The largest absolute Gasteiger partial charge is 0.247 e. The molecule has 1 saturated carbocycles. The van der Waals surface area contributed by atoms with Crippen molar-refractivity contribution < 1.29 is 13.2 Å². The lowest BCUT2D eigenvalue weighted by Crippen LogP contribution is -2.24. The van der Waals surface area contributed by atoms with Crippen LogP contribution in [-0.4, -0.2) is 6.17 Å². The summed E-state index contributed by atoms with van der Waals surface area (Å²) < 4.78 is 40.9. The first-order chi connectivity index (χ1) is 10.6. The van der Waals surface area contributed by atoms with Crippen molar-refractivity contribution in [3.05, 3.63) is 35.4 Å². The summed E-state index contributed by atoms with van der Waals surface area (Å²) in [6.07, 6.45) is 8.50. The Labute approximate surface area is 132 Å². The minimum Gasteiger partial charge on any atom is -0.247 e. The lowest BCUT2D eigenvalue weighted by Gasteiger charge is -2.32. The van der Waals surface area contributed by atoms with Gasteiger partial charge in [0.05, 0.1) is 0 Å². The Morgan fingerprint density at radius 3 is 2.32 bits per heavy atom. The molecular formula is C19H27F3. The van der Waals surface area contributed by atoms with Crippen molar-refractivity contribution in [3.8, 4) is 0 Å². The second-order valence-electron chi connectivity index (χ2n) is 6.71. The minimum absolute atomic E-state index is 0.348. The lowest BCUT2D eigenvalue weighted by molar-refractivity contribution is 0.167. The van der Waals surface area contributed by atoms with Gasteiger partial charge in [0.1, 0.15) is 17.8 Å². The van der Waals surface area contributed by atoms with Crippen LogP contribution in [0.4, 0.5) is 13.2 Å². The molecule has 1 aliphatic carbocycles. The summed E-state index contributed by atoms with van der Waals surface area (Å²) in [6, 6.07) is 3.44.